The summed E-state index contributed by atoms with van der Waals surface area (Å²) in [7, 11) is 0. The molecule has 0 aromatic carbocycles. The van der Waals surface area contributed by atoms with E-state index in [4.69, 9.17) is 12.2 Å². The fourth-order valence-electron chi connectivity index (χ4n) is 1.40. The van der Waals surface area contributed by atoms with Crippen LogP contribution in [-0.2, 0) is 0 Å². The van der Waals surface area contributed by atoms with Crippen LogP contribution in [0.15, 0.2) is 0 Å². The van der Waals surface area contributed by atoms with E-state index in [0.717, 1.165) is 15.6 Å². The fourth-order valence-corrected chi connectivity index (χ4v) is 2.19. The lowest BCUT2D eigenvalue weighted by Crippen LogP contribution is -2.14. The van der Waals surface area contributed by atoms with Gasteiger partial charge in [0.2, 0.25) is 5.13 Å². The quantitative estimate of drug-likeness (QED) is 0.759. The van der Waals surface area contributed by atoms with Crippen LogP contribution in [0.5, 0.6) is 0 Å². The topological polar surface area (TPSA) is 40.7 Å². The van der Waals surface area contributed by atoms with Crippen LogP contribution >= 0.6 is 23.6 Å². The van der Waals surface area contributed by atoms with E-state index in [1.165, 1.54) is 30.6 Å². The lowest BCUT2D eigenvalue weighted by atomic mass is 10.0. The predicted molar refractivity (Wildman–Crippen MR) is 57.7 cm³/mol. The Morgan fingerprint density at radius 3 is 2.92 bits per heavy atom. The molecule has 0 atom stereocenters. The molecular weight excluding hydrogens is 202 g/mol. The Labute approximate surface area is 86.6 Å². The Morgan fingerprint density at radius 1 is 1.69 bits per heavy atom. The number of aromatic amines is 1. The summed E-state index contributed by atoms with van der Waals surface area (Å²) in [5, 5.41) is 11.1. The lowest BCUT2D eigenvalue weighted by Gasteiger charge is -2.11. The van der Waals surface area contributed by atoms with Crippen molar-refractivity contribution in [2.24, 2.45) is 5.41 Å². The average Bonchev–Trinajstić information content (AvgIpc) is 2.81. The molecule has 1 saturated carbocycles. The number of nitrogens with one attached hydrogen (secondary N) is 2. The van der Waals surface area contributed by atoms with Crippen LogP contribution in [0.25, 0.3) is 0 Å². The Kier molecular flexibility index (Phi) is 2.38. The minimum absolute atomic E-state index is 0.563. The van der Waals surface area contributed by atoms with E-state index in [9.17, 15) is 0 Å². The van der Waals surface area contributed by atoms with Crippen molar-refractivity contribution in [3.8, 4) is 0 Å². The monoisotopic (exact) mass is 215 g/mol. The van der Waals surface area contributed by atoms with Gasteiger partial charge in [0, 0.05) is 6.54 Å². The van der Waals surface area contributed by atoms with Gasteiger partial charge in [-0.15, -0.1) is 5.10 Å². The molecule has 0 spiro atoms. The van der Waals surface area contributed by atoms with Gasteiger partial charge in [0.05, 0.1) is 0 Å². The fraction of sp³-hybridized carbons (Fsp3) is 0.750. The first-order chi connectivity index (χ1) is 6.24. The van der Waals surface area contributed by atoms with E-state index >= 15 is 0 Å². The van der Waals surface area contributed by atoms with Crippen molar-refractivity contribution < 1.29 is 0 Å². The van der Waals surface area contributed by atoms with Crippen LogP contribution in [0.3, 0.4) is 0 Å². The minimum Gasteiger partial charge on any atom is -0.360 e. The maximum Gasteiger partial charge on any atom is 0.204 e. The van der Waals surface area contributed by atoms with E-state index in [0.29, 0.717) is 5.41 Å². The lowest BCUT2D eigenvalue weighted by molar-refractivity contribution is 0.521. The number of rotatable bonds is 4. The number of hydrogen-bond acceptors (Lipinski definition) is 4. The molecule has 0 amide bonds. The molecule has 1 aromatic heterocycles. The van der Waals surface area contributed by atoms with Crippen LogP contribution in [-0.4, -0.2) is 16.7 Å². The summed E-state index contributed by atoms with van der Waals surface area (Å²) in [6.45, 7) is 3.29. The summed E-state index contributed by atoms with van der Waals surface area (Å²) in [5.41, 5.74) is 0.563. The summed E-state index contributed by atoms with van der Waals surface area (Å²) in [4.78, 5) is 0. The Morgan fingerprint density at radius 2 is 2.46 bits per heavy atom. The van der Waals surface area contributed by atoms with Crippen LogP contribution in [0.4, 0.5) is 5.13 Å². The second kappa shape index (κ2) is 3.38. The van der Waals surface area contributed by atoms with Crippen LogP contribution < -0.4 is 5.32 Å². The molecule has 2 rings (SSSR count). The number of H-pyrrole nitrogens is 1. The van der Waals surface area contributed by atoms with Crippen molar-refractivity contribution >= 4 is 28.7 Å². The highest BCUT2D eigenvalue weighted by Crippen LogP contribution is 2.48. The molecule has 1 aromatic rings. The van der Waals surface area contributed by atoms with Crippen molar-refractivity contribution in [3.05, 3.63) is 3.95 Å². The second-order valence-electron chi connectivity index (χ2n) is 3.63. The van der Waals surface area contributed by atoms with Crippen molar-refractivity contribution in [3.63, 3.8) is 0 Å². The Balaban J connectivity index is 1.89. The van der Waals surface area contributed by atoms with E-state index < -0.39 is 0 Å². The average molecular weight is 215 g/mol. The predicted octanol–water partition coefficient (Wildman–Crippen LogP) is 2.80. The van der Waals surface area contributed by atoms with E-state index in [2.05, 4.69) is 22.4 Å². The SMILES string of the molecule is CCC1(CNc2n[nH]c(=S)s2)CC1. The molecule has 0 aliphatic heterocycles. The zero-order valence-electron chi connectivity index (χ0n) is 7.59. The van der Waals surface area contributed by atoms with Crippen LogP contribution in [0, 0.1) is 9.37 Å². The molecule has 0 saturated heterocycles. The van der Waals surface area contributed by atoms with E-state index in [-0.39, 0.29) is 0 Å². The van der Waals surface area contributed by atoms with Gasteiger partial charge in [-0.3, -0.25) is 5.10 Å². The molecule has 0 radical (unpaired) electrons. The van der Waals surface area contributed by atoms with Gasteiger partial charge in [-0.2, -0.15) is 0 Å². The molecule has 72 valence electrons. The normalized spacial score (nSPS) is 18.5. The largest absolute Gasteiger partial charge is 0.360 e. The van der Waals surface area contributed by atoms with Crippen molar-refractivity contribution in [2.75, 3.05) is 11.9 Å². The molecule has 1 heterocycles. The van der Waals surface area contributed by atoms with E-state index in [1.54, 1.807) is 0 Å². The molecule has 13 heavy (non-hydrogen) atoms. The van der Waals surface area contributed by atoms with Gasteiger partial charge in [0.15, 0.2) is 3.95 Å². The molecular formula is C8H13N3S2. The molecule has 1 fully saturated rings. The number of hydrogen-bond donors (Lipinski definition) is 2. The Bertz CT molecular complexity index is 337. The van der Waals surface area contributed by atoms with Crippen LogP contribution in [0.1, 0.15) is 26.2 Å². The first-order valence-electron chi connectivity index (χ1n) is 4.53. The summed E-state index contributed by atoms with van der Waals surface area (Å²) >= 11 is 6.45. The zero-order valence-corrected chi connectivity index (χ0v) is 9.23. The minimum atomic E-state index is 0.563. The highest BCUT2D eigenvalue weighted by Gasteiger charge is 2.40. The van der Waals surface area contributed by atoms with E-state index in [1.807, 2.05) is 0 Å². The van der Waals surface area contributed by atoms with Gasteiger partial charge >= 0.3 is 0 Å². The van der Waals surface area contributed by atoms with Crippen molar-refractivity contribution in [2.45, 2.75) is 26.2 Å². The smallest absolute Gasteiger partial charge is 0.204 e. The highest BCUT2D eigenvalue weighted by molar-refractivity contribution is 7.73. The molecule has 1 aliphatic rings. The van der Waals surface area contributed by atoms with Gasteiger partial charge in [0.1, 0.15) is 0 Å². The maximum absolute atomic E-state index is 4.94. The third-order valence-electron chi connectivity index (χ3n) is 2.76. The van der Waals surface area contributed by atoms with Gasteiger partial charge in [-0.1, -0.05) is 18.3 Å². The summed E-state index contributed by atoms with van der Waals surface area (Å²) in [6, 6.07) is 0. The molecule has 0 unspecified atom stereocenters. The number of aromatic nitrogens is 2. The molecule has 0 bridgehead atoms. The van der Waals surface area contributed by atoms with Gasteiger partial charge < -0.3 is 5.32 Å². The summed E-state index contributed by atoms with van der Waals surface area (Å²) in [6.07, 6.45) is 3.97. The maximum atomic E-state index is 4.94. The summed E-state index contributed by atoms with van der Waals surface area (Å²) in [5.74, 6) is 0. The standard InChI is InChI=1S/C8H13N3S2/c1-2-8(3-4-8)5-9-6-10-11-7(12)13-6/h2-5H2,1H3,(H,9,10)(H,11,12). The van der Waals surface area contributed by atoms with Gasteiger partial charge in [-0.25, -0.2) is 0 Å². The first kappa shape index (κ1) is 9.15. The van der Waals surface area contributed by atoms with Crippen LogP contribution in [0.2, 0.25) is 0 Å². The second-order valence-corrected chi connectivity index (χ2v) is 5.29. The first-order valence-corrected chi connectivity index (χ1v) is 5.76. The molecule has 1 aliphatic carbocycles. The summed E-state index contributed by atoms with van der Waals surface area (Å²) < 4.78 is 0.740. The zero-order chi connectivity index (χ0) is 9.31. The molecule has 2 N–H and O–H groups in total. The van der Waals surface area contributed by atoms with Crippen molar-refractivity contribution in [1.82, 2.24) is 10.2 Å². The van der Waals surface area contributed by atoms with Gasteiger partial charge in [0.25, 0.3) is 0 Å². The molecule has 3 nitrogen and oxygen atoms in total. The Hall–Kier alpha value is -0.420. The van der Waals surface area contributed by atoms with Crippen molar-refractivity contribution in [1.29, 1.82) is 0 Å². The number of anilines is 1. The third-order valence-corrected chi connectivity index (χ3v) is 3.81. The third kappa shape index (κ3) is 2.08. The number of nitrogens with zero attached hydrogens (tertiary/aromatic N) is 1. The van der Waals surface area contributed by atoms with Gasteiger partial charge in [-0.05, 0) is 36.9 Å². The highest BCUT2D eigenvalue weighted by atomic mass is 32.1. The molecule has 5 heteroatoms.